The van der Waals surface area contributed by atoms with E-state index in [9.17, 15) is 9.59 Å². The fourth-order valence-corrected chi connectivity index (χ4v) is 2.17. The third-order valence-corrected chi connectivity index (χ3v) is 3.08. The van der Waals surface area contributed by atoms with Crippen molar-refractivity contribution in [3.63, 3.8) is 0 Å². The van der Waals surface area contributed by atoms with Crippen molar-refractivity contribution in [2.24, 2.45) is 0 Å². The molecule has 1 rings (SSSR count). The van der Waals surface area contributed by atoms with Crippen LogP contribution in [0.25, 0.3) is 0 Å². The number of carbonyl (C=O) groups excluding carboxylic acids is 2. The van der Waals surface area contributed by atoms with Crippen molar-refractivity contribution in [3.05, 3.63) is 22.2 Å². The van der Waals surface area contributed by atoms with Gasteiger partial charge in [0.25, 0.3) is 5.91 Å². The van der Waals surface area contributed by atoms with Crippen LogP contribution in [0.5, 0.6) is 11.5 Å². The highest BCUT2D eigenvalue weighted by molar-refractivity contribution is 9.10. The second-order valence-corrected chi connectivity index (χ2v) is 4.78. The van der Waals surface area contributed by atoms with Crippen molar-refractivity contribution in [1.82, 2.24) is 10.6 Å². The molecule has 6 nitrogen and oxygen atoms in total. The zero-order valence-electron chi connectivity index (χ0n) is 11.6. The predicted octanol–water partition coefficient (Wildman–Crippen LogP) is 1.33. The van der Waals surface area contributed by atoms with Gasteiger partial charge in [0, 0.05) is 20.0 Å². The van der Waals surface area contributed by atoms with E-state index in [2.05, 4.69) is 26.6 Å². The summed E-state index contributed by atoms with van der Waals surface area (Å²) in [5.41, 5.74) is 0.363. The minimum Gasteiger partial charge on any atom is -0.497 e. The van der Waals surface area contributed by atoms with Gasteiger partial charge in [-0.1, -0.05) is 0 Å². The molecule has 0 unspecified atom stereocenters. The Morgan fingerprint density at radius 3 is 2.35 bits per heavy atom. The van der Waals surface area contributed by atoms with E-state index in [1.165, 1.54) is 21.1 Å². The van der Waals surface area contributed by atoms with Gasteiger partial charge >= 0.3 is 0 Å². The zero-order chi connectivity index (χ0) is 15.1. The maximum atomic E-state index is 12.1. The lowest BCUT2D eigenvalue weighted by atomic mass is 10.1. The Bertz CT molecular complexity index is 505. The van der Waals surface area contributed by atoms with Gasteiger partial charge in [-0.05, 0) is 28.1 Å². The molecule has 2 N–H and O–H groups in total. The van der Waals surface area contributed by atoms with Crippen LogP contribution in [0.4, 0.5) is 0 Å². The van der Waals surface area contributed by atoms with E-state index < -0.39 is 0 Å². The topological polar surface area (TPSA) is 76.7 Å². The highest BCUT2D eigenvalue weighted by Gasteiger charge is 2.16. The Balaban J connectivity index is 2.80. The quantitative estimate of drug-likeness (QED) is 0.763. The highest BCUT2D eigenvalue weighted by atomic mass is 79.9. The molecule has 20 heavy (non-hydrogen) atoms. The third-order valence-electron chi connectivity index (χ3n) is 2.49. The summed E-state index contributed by atoms with van der Waals surface area (Å²) >= 11 is 3.33. The van der Waals surface area contributed by atoms with Crippen molar-refractivity contribution in [2.75, 3.05) is 27.3 Å². The lowest BCUT2D eigenvalue weighted by molar-refractivity contribution is -0.118. The van der Waals surface area contributed by atoms with Crippen LogP contribution < -0.4 is 20.1 Å². The summed E-state index contributed by atoms with van der Waals surface area (Å²) in [6.45, 7) is 2.12. The predicted molar refractivity (Wildman–Crippen MR) is 78.3 cm³/mol. The monoisotopic (exact) mass is 344 g/mol. The molecule has 0 saturated carbocycles. The number of carbonyl (C=O) groups is 2. The third kappa shape index (κ3) is 4.41. The molecule has 0 saturated heterocycles. The molecule has 2 amide bonds. The SMILES string of the molecule is COc1cc(Br)c(OC)c(C(=O)NCCNC(C)=O)c1. The standard InChI is InChI=1S/C13H17BrN2O4/c1-8(17)15-4-5-16-13(18)10-6-9(19-2)7-11(14)12(10)20-3/h6-7H,4-5H2,1-3H3,(H,15,17)(H,16,18). The van der Waals surface area contributed by atoms with Gasteiger partial charge in [-0.3, -0.25) is 9.59 Å². The van der Waals surface area contributed by atoms with E-state index in [1.54, 1.807) is 12.1 Å². The van der Waals surface area contributed by atoms with Crippen LogP contribution in [-0.4, -0.2) is 39.1 Å². The molecule has 7 heteroatoms. The first-order valence-corrected chi connectivity index (χ1v) is 6.73. The van der Waals surface area contributed by atoms with Crippen molar-refractivity contribution in [2.45, 2.75) is 6.92 Å². The van der Waals surface area contributed by atoms with Gasteiger partial charge in [0.15, 0.2) is 0 Å². The van der Waals surface area contributed by atoms with Crippen molar-refractivity contribution in [3.8, 4) is 11.5 Å². The lowest BCUT2D eigenvalue weighted by Crippen LogP contribution is -2.33. The Kier molecular flexibility index (Phi) is 6.30. The van der Waals surface area contributed by atoms with Crippen LogP contribution in [-0.2, 0) is 4.79 Å². The van der Waals surface area contributed by atoms with Crippen LogP contribution >= 0.6 is 15.9 Å². The van der Waals surface area contributed by atoms with Gasteiger partial charge in [-0.25, -0.2) is 0 Å². The second-order valence-electron chi connectivity index (χ2n) is 3.93. The van der Waals surface area contributed by atoms with Crippen LogP contribution in [0.3, 0.4) is 0 Å². The van der Waals surface area contributed by atoms with Gasteiger partial charge in [0.2, 0.25) is 5.91 Å². The lowest BCUT2D eigenvalue weighted by Gasteiger charge is -2.13. The summed E-state index contributed by atoms with van der Waals surface area (Å²) < 4.78 is 11.0. The van der Waals surface area contributed by atoms with Gasteiger partial charge < -0.3 is 20.1 Å². The molecule has 110 valence electrons. The molecule has 0 spiro atoms. The van der Waals surface area contributed by atoms with E-state index in [0.29, 0.717) is 34.6 Å². The maximum Gasteiger partial charge on any atom is 0.255 e. The van der Waals surface area contributed by atoms with Crippen molar-refractivity contribution < 1.29 is 19.1 Å². The largest absolute Gasteiger partial charge is 0.497 e. The van der Waals surface area contributed by atoms with Crippen LogP contribution in [0.1, 0.15) is 17.3 Å². The molecule has 0 aliphatic heterocycles. The summed E-state index contributed by atoms with van der Waals surface area (Å²) in [5, 5.41) is 5.29. The second kappa shape index (κ2) is 7.74. The van der Waals surface area contributed by atoms with E-state index >= 15 is 0 Å². The number of nitrogens with one attached hydrogen (secondary N) is 2. The zero-order valence-corrected chi connectivity index (χ0v) is 13.2. The number of ether oxygens (including phenoxy) is 2. The smallest absolute Gasteiger partial charge is 0.255 e. The van der Waals surface area contributed by atoms with Crippen LogP contribution in [0.15, 0.2) is 16.6 Å². The minimum absolute atomic E-state index is 0.138. The Morgan fingerprint density at radius 2 is 1.80 bits per heavy atom. The summed E-state index contributed by atoms with van der Waals surface area (Å²) in [5.74, 6) is 0.542. The van der Waals surface area contributed by atoms with Gasteiger partial charge in [-0.15, -0.1) is 0 Å². The molecule has 1 aromatic carbocycles. The summed E-state index contributed by atoms with van der Waals surface area (Å²) in [4.78, 5) is 22.8. The fourth-order valence-electron chi connectivity index (χ4n) is 1.57. The molecule has 0 aliphatic rings. The van der Waals surface area contributed by atoms with E-state index in [1.807, 2.05) is 0 Å². The number of rotatable bonds is 6. The molecular formula is C13H17BrN2O4. The molecular weight excluding hydrogens is 328 g/mol. The van der Waals surface area contributed by atoms with E-state index in [4.69, 9.17) is 9.47 Å². The van der Waals surface area contributed by atoms with Crippen molar-refractivity contribution in [1.29, 1.82) is 0 Å². The number of hydrogen-bond donors (Lipinski definition) is 2. The number of methoxy groups -OCH3 is 2. The first-order valence-electron chi connectivity index (χ1n) is 5.93. The van der Waals surface area contributed by atoms with Gasteiger partial charge in [0.1, 0.15) is 11.5 Å². The average Bonchev–Trinajstić information content (AvgIpc) is 2.42. The first-order chi connectivity index (χ1) is 9.49. The fraction of sp³-hybridized carbons (Fsp3) is 0.385. The van der Waals surface area contributed by atoms with Crippen LogP contribution in [0.2, 0.25) is 0 Å². The molecule has 0 aromatic heterocycles. The molecule has 0 aliphatic carbocycles. The first kappa shape index (κ1) is 16.3. The molecule has 0 fully saturated rings. The summed E-state index contributed by atoms with van der Waals surface area (Å²) in [7, 11) is 3.01. The minimum atomic E-state index is -0.299. The summed E-state index contributed by atoms with van der Waals surface area (Å²) in [6.07, 6.45) is 0. The van der Waals surface area contributed by atoms with Gasteiger partial charge in [-0.2, -0.15) is 0 Å². The number of benzene rings is 1. The Morgan fingerprint density at radius 1 is 1.15 bits per heavy atom. The number of amides is 2. The normalized spacial score (nSPS) is 9.80. The maximum absolute atomic E-state index is 12.1. The van der Waals surface area contributed by atoms with E-state index in [-0.39, 0.29) is 11.8 Å². The Labute approximate surface area is 126 Å². The van der Waals surface area contributed by atoms with Gasteiger partial charge in [0.05, 0.1) is 24.3 Å². The number of hydrogen-bond acceptors (Lipinski definition) is 4. The molecule has 0 atom stereocenters. The van der Waals surface area contributed by atoms with Crippen molar-refractivity contribution >= 4 is 27.7 Å². The molecule has 0 heterocycles. The summed E-state index contributed by atoms with van der Waals surface area (Å²) in [6, 6.07) is 3.31. The average molecular weight is 345 g/mol. The Hall–Kier alpha value is -1.76. The molecule has 0 bridgehead atoms. The molecule has 0 radical (unpaired) electrons. The van der Waals surface area contributed by atoms with Crippen LogP contribution in [0, 0.1) is 0 Å². The highest BCUT2D eigenvalue weighted by Crippen LogP contribution is 2.33. The van der Waals surface area contributed by atoms with E-state index in [0.717, 1.165) is 0 Å². The number of halogens is 1. The molecule has 1 aromatic rings.